The molecule has 0 aromatic heterocycles. The Morgan fingerprint density at radius 2 is 1.90 bits per heavy atom. The highest BCUT2D eigenvalue weighted by atomic mass is 16.2. The highest BCUT2D eigenvalue weighted by Gasteiger charge is 2.58. The van der Waals surface area contributed by atoms with Crippen molar-refractivity contribution in [1.82, 2.24) is 10.2 Å². The minimum Gasteiger partial charge on any atom is -0.308 e. The van der Waals surface area contributed by atoms with Crippen LogP contribution in [0.15, 0.2) is 24.3 Å². The van der Waals surface area contributed by atoms with Gasteiger partial charge in [0.25, 0.3) is 0 Å². The van der Waals surface area contributed by atoms with Gasteiger partial charge in [-0.15, -0.1) is 0 Å². The first kappa shape index (κ1) is 14.3. The lowest BCUT2D eigenvalue weighted by Crippen LogP contribution is -2.40. The maximum Gasteiger partial charge on any atom is 0.233 e. The number of nitrogens with one attached hydrogen (secondary N) is 1. The Balaban J connectivity index is 1.78. The van der Waals surface area contributed by atoms with E-state index in [4.69, 9.17) is 0 Å². The molecule has 1 saturated heterocycles. The number of hydrogen-bond donors (Lipinski definition) is 1. The Morgan fingerprint density at radius 1 is 1.24 bits per heavy atom. The lowest BCUT2D eigenvalue weighted by Gasteiger charge is -2.26. The molecular formula is C17H22N2O2. The zero-order valence-electron chi connectivity index (χ0n) is 12.6. The van der Waals surface area contributed by atoms with E-state index in [1.54, 1.807) is 0 Å². The fraction of sp³-hybridized carbons (Fsp3) is 0.529. The average Bonchev–Trinajstić information content (AvgIpc) is 3.23. The van der Waals surface area contributed by atoms with Gasteiger partial charge in [0.05, 0.1) is 17.9 Å². The number of fused-ring (bicyclic) bond motifs is 1. The average molecular weight is 286 g/mol. The van der Waals surface area contributed by atoms with Gasteiger partial charge in [0.15, 0.2) is 0 Å². The smallest absolute Gasteiger partial charge is 0.233 e. The van der Waals surface area contributed by atoms with Crippen LogP contribution in [0, 0.1) is 18.8 Å². The van der Waals surface area contributed by atoms with Crippen LogP contribution in [0.2, 0.25) is 0 Å². The first-order chi connectivity index (χ1) is 10.1. The molecule has 2 aliphatic rings. The van der Waals surface area contributed by atoms with Gasteiger partial charge in [-0.2, -0.15) is 0 Å². The van der Waals surface area contributed by atoms with Gasteiger partial charge < -0.3 is 5.32 Å². The van der Waals surface area contributed by atoms with E-state index in [1.165, 1.54) is 16.0 Å². The Labute approximate surface area is 125 Å². The summed E-state index contributed by atoms with van der Waals surface area (Å²) in [5.41, 5.74) is 2.36. The molecule has 1 N–H and O–H groups in total. The SMILES string of the molecule is CCCNC(CN1C(=O)C2CC2C1=O)c1ccccc1C. The molecule has 0 radical (unpaired) electrons. The number of carbonyl (C=O) groups is 2. The molecule has 1 aliphatic carbocycles. The van der Waals surface area contributed by atoms with Crippen LogP contribution in [-0.4, -0.2) is 29.8 Å². The molecule has 1 heterocycles. The third-order valence-electron chi connectivity index (χ3n) is 4.53. The Kier molecular flexibility index (Phi) is 3.81. The van der Waals surface area contributed by atoms with Gasteiger partial charge in [0, 0.05) is 6.54 Å². The number of likely N-dealkylation sites (tertiary alicyclic amines) is 1. The molecule has 1 saturated carbocycles. The van der Waals surface area contributed by atoms with Crippen LogP contribution in [0.25, 0.3) is 0 Å². The van der Waals surface area contributed by atoms with Crippen LogP contribution in [0.1, 0.15) is 36.9 Å². The minimum atomic E-state index is -0.0128. The number of benzene rings is 1. The van der Waals surface area contributed by atoms with Gasteiger partial charge in [0.2, 0.25) is 11.8 Å². The van der Waals surface area contributed by atoms with Crippen LogP contribution in [0.3, 0.4) is 0 Å². The third-order valence-corrected chi connectivity index (χ3v) is 4.53. The third kappa shape index (κ3) is 2.60. The van der Waals surface area contributed by atoms with E-state index >= 15 is 0 Å². The van der Waals surface area contributed by atoms with Crippen molar-refractivity contribution in [3.8, 4) is 0 Å². The molecule has 3 rings (SSSR count). The molecule has 1 aromatic rings. The maximum atomic E-state index is 12.2. The van der Waals surface area contributed by atoms with Crippen molar-refractivity contribution in [2.45, 2.75) is 32.7 Å². The van der Waals surface area contributed by atoms with Crippen LogP contribution >= 0.6 is 0 Å². The fourth-order valence-electron chi connectivity index (χ4n) is 3.18. The first-order valence-electron chi connectivity index (χ1n) is 7.77. The van der Waals surface area contributed by atoms with E-state index in [-0.39, 0.29) is 29.7 Å². The van der Waals surface area contributed by atoms with Crippen molar-refractivity contribution in [2.75, 3.05) is 13.1 Å². The molecule has 4 heteroatoms. The highest BCUT2D eigenvalue weighted by Crippen LogP contribution is 2.47. The maximum absolute atomic E-state index is 12.2. The van der Waals surface area contributed by atoms with E-state index in [9.17, 15) is 9.59 Å². The molecule has 1 aromatic carbocycles. The predicted octanol–water partition coefficient (Wildman–Crippen LogP) is 2.04. The summed E-state index contributed by atoms with van der Waals surface area (Å²) >= 11 is 0. The summed E-state index contributed by atoms with van der Waals surface area (Å²) in [7, 11) is 0. The van der Waals surface area contributed by atoms with Crippen LogP contribution in [0.4, 0.5) is 0 Å². The summed E-state index contributed by atoms with van der Waals surface area (Å²) in [5.74, 6) is 0.0335. The molecule has 2 amide bonds. The molecule has 21 heavy (non-hydrogen) atoms. The summed E-state index contributed by atoms with van der Waals surface area (Å²) in [6, 6.07) is 8.19. The van der Waals surface area contributed by atoms with Crippen molar-refractivity contribution < 1.29 is 9.59 Å². The lowest BCUT2D eigenvalue weighted by atomic mass is 10.0. The zero-order valence-corrected chi connectivity index (χ0v) is 12.6. The van der Waals surface area contributed by atoms with Crippen LogP contribution in [0.5, 0.6) is 0 Å². The summed E-state index contributed by atoms with van der Waals surface area (Å²) in [6.07, 6.45) is 1.79. The van der Waals surface area contributed by atoms with Gasteiger partial charge >= 0.3 is 0 Å². The Bertz CT molecular complexity index is 550. The molecule has 1 aliphatic heterocycles. The summed E-state index contributed by atoms with van der Waals surface area (Å²) in [5, 5.41) is 3.48. The monoisotopic (exact) mass is 286 g/mol. The van der Waals surface area contributed by atoms with Gasteiger partial charge in [-0.25, -0.2) is 0 Å². The van der Waals surface area contributed by atoms with Crippen LogP contribution < -0.4 is 5.32 Å². The van der Waals surface area contributed by atoms with Crippen molar-refractivity contribution in [2.24, 2.45) is 11.8 Å². The van der Waals surface area contributed by atoms with Crippen molar-refractivity contribution in [3.63, 3.8) is 0 Å². The molecule has 3 unspecified atom stereocenters. The highest BCUT2D eigenvalue weighted by molar-refractivity contribution is 6.08. The number of aryl methyl sites for hydroxylation is 1. The fourth-order valence-corrected chi connectivity index (χ4v) is 3.18. The number of rotatable bonds is 6. The predicted molar refractivity (Wildman–Crippen MR) is 80.5 cm³/mol. The second-order valence-corrected chi connectivity index (χ2v) is 6.10. The Morgan fingerprint density at radius 3 is 2.52 bits per heavy atom. The van der Waals surface area contributed by atoms with Crippen molar-refractivity contribution in [3.05, 3.63) is 35.4 Å². The quantitative estimate of drug-likeness (QED) is 0.814. The van der Waals surface area contributed by atoms with Crippen molar-refractivity contribution in [1.29, 1.82) is 0 Å². The number of hydrogen-bond acceptors (Lipinski definition) is 3. The normalized spacial score (nSPS) is 25.1. The topological polar surface area (TPSA) is 49.4 Å². The zero-order chi connectivity index (χ0) is 15.0. The number of imide groups is 1. The summed E-state index contributed by atoms with van der Waals surface area (Å²) in [6.45, 7) is 5.52. The van der Waals surface area contributed by atoms with E-state index in [1.807, 2.05) is 12.1 Å². The molecule has 112 valence electrons. The molecule has 4 nitrogen and oxygen atoms in total. The van der Waals surface area contributed by atoms with E-state index in [0.717, 1.165) is 19.4 Å². The minimum absolute atomic E-state index is 0.0128. The largest absolute Gasteiger partial charge is 0.308 e. The number of carbonyl (C=O) groups excluding carboxylic acids is 2. The molecule has 0 bridgehead atoms. The number of nitrogens with zero attached hydrogens (tertiary/aromatic N) is 1. The summed E-state index contributed by atoms with van der Waals surface area (Å²) in [4.78, 5) is 25.8. The van der Waals surface area contributed by atoms with E-state index < -0.39 is 0 Å². The number of piperidine rings is 1. The lowest BCUT2D eigenvalue weighted by molar-refractivity contribution is -0.141. The van der Waals surface area contributed by atoms with Crippen LogP contribution in [-0.2, 0) is 9.59 Å². The van der Waals surface area contributed by atoms with E-state index in [0.29, 0.717) is 6.54 Å². The summed E-state index contributed by atoms with van der Waals surface area (Å²) < 4.78 is 0. The second kappa shape index (κ2) is 5.60. The van der Waals surface area contributed by atoms with E-state index in [2.05, 4.69) is 31.3 Å². The van der Waals surface area contributed by atoms with Gasteiger partial charge in [0.1, 0.15) is 0 Å². The van der Waals surface area contributed by atoms with Gasteiger partial charge in [-0.3, -0.25) is 14.5 Å². The van der Waals surface area contributed by atoms with Gasteiger partial charge in [-0.05, 0) is 37.4 Å². The first-order valence-corrected chi connectivity index (χ1v) is 7.77. The number of amides is 2. The van der Waals surface area contributed by atoms with Gasteiger partial charge in [-0.1, -0.05) is 31.2 Å². The van der Waals surface area contributed by atoms with Crippen molar-refractivity contribution >= 4 is 11.8 Å². The standard InChI is InChI=1S/C17H22N2O2/c1-3-8-18-15(12-7-5-4-6-11(12)2)10-19-16(20)13-9-14(13)17(19)21/h4-7,13-15,18H,3,8-10H2,1-2H3. The molecular weight excluding hydrogens is 264 g/mol. The molecule has 3 atom stereocenters. The second-order valence-electron chi connectivity index (χ2n) is 6.10. The molecule has 2 fully saturated rings. The Hall–Kier alpha value is -1.68. The molecule has 0 spiro atoms.